The average molecular weight is 429 g/mol. The van der Waals surface area contributed by atoms with E-state index in [9.17, 15) is 0 Å². The van der Waals surface area contributed by atoms with Gasteiger partial charge in [0.15, 0.2) is 0 Å². The zero-order chi connectivity index (χ0) is 22.2. The van der Waals surface area contributed by atoms with E-state index in [2.05, 4.69) is 27.0 Å². The molecule has 0 bridgehead atoms. The maximum absolute atomic E-state index is 15.1. The molecule has 0 aliphatic heterocycles. The van der Waals surface area contributed by atoms with Crippen LogP contribution in [0.2, 0.25) is 0 Å². The lowest BCUT2D eigenvalue weighted by Gasteiger charge is -2.38. The summed E-state index contributed by atoms with van der Waals surface area (Å²) in [6.45, 7) is 13.0. The van der Waals surface area contributed by atoms with Gasteiger partial charge in [0.25, 0.3) is 0 Å². The van der Waals surface area contributed by atoms with Crippen LogP contribution in [0.15, 0.2) is 36.2 Å². The molecule has 3 fully saturated rings. The summed E-state index contributed by atoms with van der Waals surface area (Å²) in [6.07, 6.45) is 22.7. The molecule has 3 aliphatic rings. The van der Waals surface area contributed by atoms with Gasteiger partial charge in [-0.2, -0.15) is 0 Å². The third-order valence-corrected chi connectivity index (χ3v) is 9.21. The van der Waals surface area contributed by atoms with Crippen LogP contribution in [0.3, 0.4) is 0 Å². The van der Waals surface area contributed by atoms with Gasteiger partial charge in [0.05, 0.1) is 0 Å². The first-order chi connectivity index (χ1) is 15.0. The normalized spacial score (nSPS) is 35.0. The second-order valence-electron chi connectivity index (χ2n) is 11.3. The summed E-state index contributed by atoms with van der Waals surface area (Å²) in [6, 6.07) is 0. The predicted octanol–water partition coefficient (Wildman–Crippen LogP) is 9.97. The van der Waals surface area contributed by atoms with Crippen molar-refractivity contribution in [1.29, 1.82) is 0 Å². The molecule has 0 aromatic heterocycles. The minimum Gasteiger partial charge on any atom is -0.207 e. The van der Waals surface area contributed by atoms with E-state index in [1.807, 2.05) is 0 Å². The molecule has 3 rings (SSSR count). The van der Waals surface area contributed by atoms with Gasteiger partial charge in [0.1, 0.15) is 5.83 Å². The summed E-state index contributed by atoms with van der Waals surface area (Å²) in [4.78, 5) is 0. The van der Waals surface area contributed by atoms with Gasteiger partial charge in [-0.15, -0.1) is 0 Å². The minimum absolute atomic E-state index is 0.0794. The fraction of sp³-hybridized carbons (Fsp3) is 0.800. The molecule has 0 radical (unpaired) electrons. The van der Waals surface area contributed by atoms with Gasteiger partial charge in [-0.25, -0.2) is 4.39 Å². The van der Waals surface area contributed by atoms with Gasteiger partial charge in [-0.05, 0) is 117 Å². The topological polar surface area (TPSA) is 0 Å². The summed E-state index contributed by atoms with van der Waals surface area (Å²) in [5.74, 6) is 4.44. The summed E-state index contributed by atoms with van der Waals surface area (Å²) in [5.41, 5.74) is 1.76. The van der Waals surface area contributed by atoms with Crippen molar-refractivity contribution in [3.63, 3.8) is 0 Å². The largest absolute Gasteiger partial charge is 0.207 e. The van der Waals surface area contributed by atoms with Crippen molar-refractivity contribution in [2.75, 3.05) is 0 Å². The zero-order valence-electron chi connectivity index (χ0n) is 20.6. The Labute approximate surface area is 192 Å². The highest BCUT2D eigenvalue weighted by Crippen LogP contribution is 2.44. The maximum Gasteiger partial charge on any atom is 0.126 e. The quantitative estimate of drug-likeness (QED) is 0.320. The van der Waals surface area contributed by atoms with E-state index in [0.29, 0.717) is 11.8 Å². The van der Waals surface area contributed by atoms with E-state index in [0.717, 1.165) is 47.7 Å². The van der Waals surface area contributed by atoms with Crippen molar-refractivity contribution < 1.29 is 4.39 Å². The fourth-order valence-electron chi connectivity index (χ4n) is 7.09. The molecular formula is C30H49F. The molecule has 0 N–H and O–H groups in total. The zero-order valence-corrected chi connectivity index (χ0v) is 20.6. The van der Waals surface area contributed by atoms with E-state index < -0.39 is 0 Å². The maximum atomic E-state index is 15.1. The molecule has 176 valence electrons. The number of rotatable bonds is 9. The Balaban J connectivity index is 1.42. The second kappa shape index (κ2) is 12.4. The molecule has 31 heavy (non-hydrogen) atoms. The third-order valence-electron chi connectivity index (χ3n) is 9.21. The van der Waals surface area contributed by atoms with E-state index in [1.165, 1.54) is 89.9 Å². The molecule has 0 heterocycles. The molecule has 0 saturated heterocycles. The van der Waals surface area contributed by atoms with Crippen LogP contribution in [0.25, 0.3) is 0 Å². The van der Waals surface area contributed by atoms with Gasteiger partial charge in [0.2, 0.25) is 0 Å². The SMILES string of the molecule is C=C(/C=C(/F)C(=C)C1CCC(C2CCC(CCC)CC2)CC1)C1CCC(CCC)CC1. The second-order valence-corrected chi connectivity index (χ2v) is 11.3. The molecular weight excluding hydrogens is 379 g/mol. The van der Waals surface area contributed by atoms with E-state index >= 15 is 4.39 Å². The van der Waals surface area contributed by atoms with E-state index in [1.54, 1.807) is 6.08 Å². The van der Waals surface area contributed by atoms with E-state index in [4.69, 9.17) is 0 Å². The highest BCUT2D eigenvalue weighted by molar-refractivity contribution is 5.33. The summed E-state index contributed by atoms with van der Waals surface area (Å²) >= 11 is 0. The Hall–Kier alpha value is -0.850. The minimum atomic E-state index is -0.0794. The van der Waals surface area contributed by atoms with Crippen molar-refractivity contribution in [2.24, 2.45) is 35.5 Å². The molecule has 0 nitrogen and oxygen atoms in total. The Kier molecular flexibility index (Phi) is 9.92. The fourth-order valence-corrected chi connectivity index (χ4v) is 7.09. The Morgan fingerprint density at radius 2 is 1.10 bits per heavy atom. The van der Waals surface area contributed by atoms with Crippen molar-refractivity contribution in [2.45, 2.75) is 117 Å². The number of allylic oxidation sites excluding steroid dienone is 4. The first-order valence-electron chi connectivity index (χ1n) is 13.8. The number of halogens is 1. The third kappa shape index (κ3) is 7.06. The van der Waals surface area contributed by atoms with Crippen molar-refractivity contribution in [1.82, 2.24) is 0 Å². The van der Waals surface area contributed by atoms with Gasteiger partial charge in [-0.3, -0.25) is 0 Å². The van der Waals surface area contributed by atoms with Crippen molar-refractivity contribution in [3.05, 3.63) is 36.2 Å². The van der Waals surface area contributed by atoms with Gasteiger partial charge >= 0.3 is 0 Å². The first-order valence-corrected chi connectivity index (χ1v) is 13.8. The van der Waals surface area contributed by atoms with Crippen molar-refractivity contribution >= 4 is 0 Å². The predicted molar refractivity (Wildman–Crippen MR) is 134 cm³/mol. The summed E-state index contributed by atoms with van der Waals surface area (Å²) in [7, 11) is 0. The standard InChI is InChI=1S/C30H49F/c1-5-7-24-9-13-26(14-10-24)22(3)21-30(31)23(4)27-17-19-29(20-18-27)28-15-11-25(8-6-2)12-16-28/h21,24-29H,3-20H2,1-2H3/b30-21+. The highest BCUT2D eigenvalue weighted by Gasteiger charge is 2.32. The lowest BCUT2D eigenvalue weighted by molar-refractivity contribution is 0.150. The van der Waals surface area contributed by atoms with Gasteiger partial charge in [0, 0.05) is 0 Å². The lowest BCUT2D eigenvalue weighted by atomic mass is 9.68. The van der Waals surface area contributed by atoms with Gasteiger partial charge in [-0.1, -0.05) is 65.5 Å². The number of hydrogen-bond donors (Lipinski definition) is 0. The molecule has 3 saturated carbocycles. The molecule has 1 heteroatoms. The molecule has 0 atom stereocenters. The molecule has 0 unspecified atom stereocenters. The lowest BCUT2D eigenvalue weighted by Crippen LogP contribution is -2.26. The molecule has 0 aromatic rings. The first kappa shape index (κ1) is 24.8. The highest BCUT2D eigenvalue weighted by atomic mass is 19.1. The van der Waals surface area contributed by atoms with Crippen LogP contribution in [0.4, 0.5) is 4.39 Å². The molecule has 0 spiro atoms. The van der Waals surface area contributed by atoms with Crippen LogP contribution < -0.4 is 0 Å². The van der Waals surface area contributed by atoms with Crippen molar-refractivity contribution in [3.8, 4) is 0 Å². The Morgan fingerprint density at radius 1 is 0.677 bits per heavy atom. The van der Waals surface area contributed by atoms with Crippen LogP contribution in [-0.4, -0.2) is 0 Å². The summed E-state index contributed by atoms with van der Waals surface area (Å²) in [5, 5.41) is 0. The van der Waals surface area contributed by atoms with Crippen LogP contribution in [0, 0.1) is 35.5 Å². The van der Waals surface area contributed by atoms with Crippen LogP contribution in [0.1, 0.15) is 117 Å². The Bertz CT molecular complexity index is 590. The molecule has 3 aliphatic carbocycles. The molecule has 0 amide bonds. The Morgan fingerprint density at radius 3 is 1.58 bits per heavy atom. The number of hydrogen-bond acceptors (Lipinski definition) is 0. The molecule has 0 aromatic carbocycles. The van der Waals surface area contributed by atoms with Gasteiger partial charge < -0.3 is 0 Å². The summed E-state index contributed by atoms with van der Waals surface area (Å²) < 4.78 is 15.1. The van der Waals surface area contributed by atoms with Crippen LogP contribution >= 0.6 is 0 Å². The van der Waals surface area contributed by atoms with E-state index in [-0.39, 0.29) is 5.83 Å². The monoisotopic (exact) mass is 428 g/mol. The average Bonchev–Trinajstić information content (AvgIpc) is 2.80. The smallest absolute Gasteiger partial charge is 0.126 e. The van der Waals surface area contributed by atoms with Crippen LogP contribution in [0.5, 0.6) is 0 Å². The van der Waals surface area contributed by atoms with Crippen LogP contribution in [-0.2, 0) is 0 Å².